The molecule has 0 rings (SSSR count). The highest BCUT2D eigenvalue weighted by Crippen LogP contribution is 2.21. The third-order valence-electron chi connectivity index (χ3n) is 4.41. The Balaban J connectivity index is 4.29. The largest absolute Gasteiger partial charge is 0.270 e. The van der Waals surface area contributed by atoms with Crippen LogP contribution in [0.15, 0.2) is 0 Å². The first-order chi connectivity index (χ1) is 11.1. The lowest BCUT2D eigenvalue weighted by Gasteiger charge is -2.17. The van der Waals surface area contributed by atoms with Crippen molar-refractivity contribution in [1.82, 2.24) is 0 Å². The van der Waals surface area contributed by atoms with Gasteiger partial charge in [-0.3, -0.25) is 4.18 Å². The van der Waals surface area contributed by atoms with Crippen LogP contribution in [0.2, 0.25) is 0 Å². The van der Waals surface area contributed by atoms with Crippen molar-refractivity contribution in [2.75, 3.05) is 6.61 Å². The van der Waals surface area contributed by atoms with E-state index < -0.39 is 10.1 Å². The summed E-state index contributed by atoms with van der Waals surface area (Å²) in [6.07, 6.45) is 14.8. The molecule has 0 amide bonds. The van der Waals surface area contributed by atoms with Gasteiger partial charge in [-0.25, -0.2) is 0 Å². The van der Waals surface area contributed by atoms with Crippen molar-refractivity contribution in [1.29, 1.82) is 0 Å². The van der Waals surface area contributed by atoms with Gasteiger partial charge in [0, 0.05) is 0 Å². The zero-order chi connectivity index (χ0) is 17.4. The molecule has 0 unspecified atom stereocenters. The first-order valence-electron chi connectivity index (χ1n) is 9.96. The van der Waals surface area contributed by atoms with Gasteiger partial charge in [-0.2, -0.15) is 8.42 Å². The molecule has 0 aliphatic heterocycles. The van der Waals surface area contributed by atoms with E-state index in [-0.39, 0.29) is 5.25 Å². The summed E-state index contributed by atoms with van der Waals surface area (Å²) in [6, 6.07) is 0. The van der Waals surface area contributed by atoms with Crippen LogP contribution < -0.4 is 0 Å². The van der Waals surface area contributed by atoms with Crippen LogP contribution in [0.25, 0.3) is 0 Å². The van der Waals surface area contributed by atoms with Gasteiger partial charge in [0.05, 0.1) is 11.9 Å². The Kier molecular flexibility index (Phi) is 15.4. The van der Waals surface area contributed by atoms with Crippen LogP contribution in [0.4, 0.5) is 0 Å². The molecule has 0 radical (unpaired) electrons. The van der Waals surface area contributed by atoms with Crippen LogP contribution in [-0.2, 0) is 14.3 Å². The second-order valence-corrected chi connectivity index (χ2v) is 8.58. The van der Waals surface area contributed by atoms with Crippen LogP contribution in [0.1, 0.15) is 111 Å². The summed E-state index contributed by atoms with van der Waals surface area (Å²) in [4.78, 5) is 0. The van der Waals surface area contributed by atoms with Gasteiger partial charge in [0.15, 0.2) is 0 Å². The Bertz CT molecular complexity index is 327. The van der Waals surface area contributed by atoms with Crippen molar-refractivity contribution in [2.45, 2.75) is 116 Å². The number of rotatable bonds is 17. The molecule has 0 aliphatic rings. The minimum Gasteiger partial charge on any atom is -0.270 e. The molecule has 0 atom stereocenters. The van der Waals surface area contributed by atoms with Gasteiger partial charge >= 0.3 is 0 Å². The molecule has 0 bridgehead atoms. The summed E-state index contributed by atoms with van der Waals surface area (Å²) in [5.41, 5.74) is 0. The lowest BCUT2D eigenvalue weighted by molar-refractivity contribution is 0.297. The number of hydrogen-bond acceptors (Lipinski definition) is 3. The molecule has 3 nitrogen and oxygen atoms in total. The van der Waals surface area contributed by atoms with Crippen LogP contribution >= 0.6 is 0 Å². The van der Waals surface area contributed by atoms with Gasteiger partial charge in [-0.15, -0.1) is 0 Å². The van der Waals surface area contributed by atoms with Gasteiger partial charge in [0.1, 0.15) is 0 Å². The fourth-order valence-corrected chi connectivity index (χ4v) is 4.28. The lowest BCUT2D eigenvalue weighted by Crippen LogP contribution is -2.24. The molecule has 0 aromatic carbocycles. The molecule has 0 saturated heterocycles. The average Bonchev–Trinajstić information content (AvgIpc) is 2.53. The van der Waals surface area contributed by atoms with E-state index in [9.17, 15) is 8.42 Å². The van der Waals surface area contributed by atoms with E-state index >= 15 is 0 Å². The van der Waals surface area contributed by atoms with Gasteiger partial charge in [0.25, 0.3) is 10.1 Å². The van der Waals surface area contributed by atoms with Crippen molar-refractivity contribution in [3.8, 4) is 0 Å². The zero-order valence-corrected chi connectivity index (χ0v) is 16.6. The lowest BCUT2D eigenvalue weighted by atomic mass is 10.1. The van der Waals surface area contributed by atoms with E-state index in [1.54, 1.807) is 0 Å². The quantitative estimate of drug-likeness (QED) is 0.231. The Morgan fingerprint density at radius 2 is 1.09 bits per heavy atom. The van der Waals surface area contributed by atoms with E-state index in [2.05, 4.69) is 20.8 Å². The minimum atomic E-state index is -3.38. The predicted octanol–water partition coefficient (Wildman–Crippen LogP) is 6.22. The standard InChI is InChI=1S/C19H40O3S/c1-4-7-10-13-16-19(17-14-11-8-5-2)23(20,21)22-18-15-12-9-6-3/h19H,4-18H2,1-3H3. The fourth-order valence-electron chi connectivity index (χ4n) is 2.83. The Hall–Kier alpha value is -0.0900. The molecule has 0 aromatic rings. The van der Waals surface area contributed by atoms with Crippen molar-refractivity contribution in [3.05, 3.63) is 0 Å². The normalized spacial score (nSPS) is 12.2. The number of hydrogen-bond donors (Lipinski definition) is 0. The monoisotopic (exact) mass is 348 g/mol. The predicted molar refractivity (Wildman–Crippen MR) is 100 cm³/mol. The van der Waals surface area contributed by atoms with Gasteiger partial charge in [-0.05, 0) is 19.3 Å². The molecule has 0 fully saturated rings. The van der Waals surface area contributed by atoms with Gasteiger partial charge in [-0.1, -0.05) is 91.4 Å². The molecule has 0 N–H and O–H groups in total. The molecular weight excluding hydrogens is 308 g/mol. The summed E-state index contributed by atoms with van der Waals surface area (Å²) in [5.74, 6) is 0. The number of unbranched alkanes of at least 4 members (excludes halogenated alkanes) is 9. The first kappa shape index (κ1) is 22.9. The molecule has 0 spiro atoms. The second kappa shape index (κ2) is 15.4. The van der Waals surface area contributed by atoms with Gasteiger partial charge in [0.2, 0.25) is 0 Å². The Labute approximate surface area is 145 Å². The van der Waals surface area contributed by atoms with Crippen LogP contribution in [0, 0.1) is 0 Å². The van der Waals surface area contributed by atoms with E-state index in [0.29, 0.717) is 6.61 Å². The molecule has 0 saturated carbocycles. The van der Waals surface area contributed by atoms with Crippen LogP contribution in [0.3, 0.4) is 0 Å². The van der Waals surface area contributed by atoms with Crippen molar-refractivity contribution < 1.29 is 12.6 Å². The summed E-state index contributed by atoms with van der Waals surface area (Å²) in [5, 5.41) is -0.289. The summed E-state index contributed by atoms with van der Waals surface area (Å²) >= 11 is 0. The van der Waals surface area contributed by atoms with Gasteiger partial charge < -0.3 is 0 Å². The maximum Gasteiger partial charge on any atom is 0.270 e. The summed E-state index contributed by atoms with van der Waals surface area (Å²) in [7, 11) is -3.38. The smallest absolute Gasteiger partial charge is 0.270 e. The SMILES string of the molecule is CCCCCCOS(=O)(=O)C(CCCCCC)CCCCCC. The second-order valence-electron chi connectivity index (χ2n) is 6.70. The highest BCUT2D eigenvalue weighted by atomic mass is 32.2. The third-order valence-corrected chi connectivity index (χ3v) is 6.20. The third kappa shape index (κ3) is 12.9. The Morgan fingerprint density at radius 3 is 1.52 bits per heavy atom. The molecule has 0 aromatic heterocycles. The van der Waals surface area contributed by atoms with Crippen molar-refractivity contribution in [3.63, 3.8) is 0 Å². The average molecular weight is 349 g/mol. The molecular formula is C19H40O3S. The van der Waals surface area contributed by atoms with E-state index in [4.69, 9.17) is 4.18 Å². The first-order valence-corrected chi connectivity index (χ1v) is 11.4. The maximum atomic E-state index is 12.5. The summed E-state index contributed by atoms with van der Waals surface area (Å²) < 4.78 is 30.3. The van der Waals surface area contributed by atoms with E-state index in [1.165, 1.54) is 25.7 Å². The van der Waals surface area contributed by atoms with E-state index in [0.717, 1.165) is 64.2 Å². The maximum absolute atomic E-state index is 12.5. The molecule has 140 valence electrons. The van der Waals surface area contributed by atoms with Crippen LogP contribution in [-0.4, -0.2) is 20.3 Å². The molecule has 0 heterocycles. The molecule has 0 aliphatic carbocycles. The van der Waals surface area contributed by atoms with E-state index in [1.807, 2.05) is 0 Å². The zero-order valence-electron chi connectivity index (χ0n) is 15.8. The summed E-state index contributed by atoms with van der Waals surface area (Å²) in [6.45, 7) is 6.87. The molecule has 23 heavy (non-hydrogen) atoms. The van der Waals surface area contributed by atoms with Crippen LogP contribution in [0.5, 0.6) is 0 Å². The minimum absolute atomic E-state index is 0.289. The van der Waals surface area contributed by atoms with Crippen molar-refractivity contribution in [2.24, 2.45) is 0 Å². The topological polar surface area (TPSA) is 43.4 Å². The highest BCUT2D eigenvalue weighted by molar-refractivity contribution is 7.87. The highest BCUT2D eigenvalue weighted by Gasteiger charge is 2.25. The van der Waals surface area contributed by atoms with Crippen molar-refractivity contribution >= 4 is 10.1 Å². The molecule has 4 heteroatoms. The Morgan fingerprint density at radius 1 is 0.652 bits per heavy atom. The fraction of sp³-hybridized carbons (Fsp3) is 1.00.